The summed E-state index contributed by atoms with van der Waals surface area (Å²) in [6.07, 6.45) is 0. The molecule has 0 aliphatic carbocycles. The van der Waals surface area contributed by atoms with Crippen molar-refractivity contribution in [1.82, 2.24) is 0 Å². The Bertz CT molecular complexity index is 658. The van der Waals surface area contributed by atoms with Crippen LogP contribution in [-0.4, -0.2) is 5.91 Å². The van der Waals surface area contributed by atoms with E-state index in [1.54, 1.807) is 18.2 Å². The van der Waals surface area contributed by atoms with E-state index < -0.39 is 5.91 Å². The summed E-state index contributed by atoms with van der Waals surface area (Å²) in [4.78, 5) is 11.1. The molecule has 0 aromatic heterocycles. The number of carbonyl (C=O) groups excluding carboxylic acids is 1. The van der Waals surface area contributed by atoms with Gasteiger partial charge in [0.05, 0.1) is 0 Å². The highest BCUT2D eigenvalue weighted by Gasteiger charge is 2.07. The number of carbonyl (C=O) groups is 1. The molecule has 3 N–H and O–H groups in total. The third kappa shape index (κ3) is 3.32. The van der Waals surface area contributed by atoms with Crippen molar-refractivity contribution in [3.63, 3.8) is 0 Å². The molecule has 104 valence electrons. The number of hydrogen-bond acceptors (Lipinski definition) is 2. The first-order valence-electron chi connectivity index (χ1n) is 6.06. The Labute approximate surface area is 131 Å². The van der Waals surface area contributed by atoms with E-state index >= 15 is 0 Å². The topological polar surface area (TPSA) is 55.1 Å². The van der Waals surface area contributed by atoms with E-state index in [9.17, 15) is 4.79 Å². The van der Waals surface area contributed by atoms with Gasteiger partial charge in [-0.1, -0.05) is 29.8 Å². The molecule has 0 unspecified atom stereocenters. The maximum absolute atomic E-state index is 11.1. The van der Waals surface area contributed by atoms with E-state index in [0.717, 1.165) is 21.3 Å². The minimum absolute atomic E-state index is 0.412. The van der Waals surface area contributed by atoms with Gasteiger partial charge in [-0.25, -0.2) is 0 Å². The number of rotatable bonds is 4. The average molecular weight is 354 g/mol. The zero-order valence-electron chi connectivity index (χ0n) is 10.9. The summed E-state index contributed by atoms with van der Waals surface area (Å²) in [6.45, 7) is 2.60. The smallest absolute Gasteiger partial charge is 0.248 e. The average Bonchev–Trinajstić information content (AvgIpc) is 2.41. The van der Waals surface area contributed by atoms with Crippen molar-refractivity contribution < 1.29 is 4.79 Å². The van der Waals surface area contributed by atoms with E-state index in [1.165, 1.54) is 0 Å². The Kier molecular flexibility index (Phi) is 4.68. The van der Waals surface area contributed by atoms with Gasteiger partial charge in [0.1, 0.15) is 0 Å². The highest BCUT2D eigenvalue weighted by molar-refractivity contribution is 9.10. The molecule has 2 aromatic carbocycles. The predicted molar refractivity (Wildman–Crippen MR) is 86.2 cm³/mol. The second kappa shape index (κ2) is 6.29. The Hall–Kier alpha value is -1.52. The van der Waals surface area contributed by atoms with Crippen molar-refractivity contribution in [2.75, 3.05) is 5.32 Å². The lowest BCUT2D eigenvalue weighted by atomic mass is 10.1. The first-order chi connectivity index (χ1) is 9.49. The van der Waals surface area contributed by atoms with Gasteiger partial charge in [-0.15, -0.1) is 0 Å². The molecule has 0 aliphatic heterocycles. The zero-order valence-corrected chi connectivity index (χ0v) is 13.3. The summed E-state index contributed by atoms with van der Waals surface area (Å²) in [5.41, 5.74) is 8.69. The van der Waals surface area contributed by atoms with Crippen molar-refractivity contribution in [3.8, 4) is 0 Å². The first kappa shape index (κ1) is 14.9. The van der Waals surface area contributed by atoms with Gasteiger partial charge in [0.2, 0.25) is 5.91 Å². The maximum Gasteiger partial charge on any atom is 0.248 e. The quantitative estimate of drug-likeness (QED) is 0.868. The van der Waals surface area contributed by atoms with Crippen molar-refractivity contribution in [3.05, 3.63) is 62.6 Å². The number of nitrogens with one attached hydrogen (secondary N) is 1. The van der Waals surface area contributed by atoms with Crippen LogP contribution in [0.1, 0.15) is 21.5 Å². The Morgan fingerprint density at radius 1 is 1.35 bits per heavy atom. The molecule has 0 atom stereocenters. The summed E-state index contributed by atoms with van der Waals surface area (Å²) < 4.78 is 1.03. The second-order valence-electron chi connectivity index (χ2n) is 4.46. The van der Waals surface area contributed by atoms with Crippen LogP contribution < -0.4 is 11.1 Å². The van der Waals surface area contributed by atoms with E-state index in [-0.39, 0.29) is 0 Å². The number of amides is 1. The SMILES string of the molecule is Cc1cccc(NCc2ccc(C(N)=O)cc2Cl)c1Br. The standard InChI is InChI=1S/C15H14BrClN2O/c1-9-3-2-4-13(14(9)16)19-8-11-6-5-10(15(18)20)7-12(11)17/h2-7,19H,8H2,1H3,(H2,18,20). The number of hydrogen-bond donors (Lipinski definition) is 2. The fourth-order valence-electron chi connectivity index (χ4n) is 1.82. The van der Waals surface area contributed by atoms with Gasteiger partial charge >= 0.3 is 0 Å². The summed E-state index contributed by atoms with van der Waals surface area (Å²) in [7, 11) is 0. The molecule has 1 amide bonds. The molecule has 0 saturated heterocycles. The third-order valence-corrected chi connectivity index (χ3v) is 4.40. The fourth-order valence-corrected chi connectivity index (χ4v) is 2.47. The van der Waals surface area contributed by atoms with Gasteiger partial charge < -0.3 is 11.1 Å². The van der Waals surface area contributed by atoms with Crippen LogP contribution in [0.15, 0.2) is 40.9 Å². The van der Waals surface area contributed by atoms with Crippen molar-refractivity contribution in [2.24, 2.45) is 5.73 Å². The molecule has 2 aromatic rings. The molecule has 0 heterocycles. The van der Waals surface area contributed by atoms with Crippen LogP contribution in [0.3, 0.4) is 0 Å². The van der Waals surface area contributed by atoms with Crippen LogP contribution in [0.5, 0.6) is 0 Å². The van der Waals surface area contributed by atoms with Crippen molar-refractivity contribution in [1.29, 1.82) is 0 Å². The first-order valence-corrected chi connectivity index (χ1v) is 7.23. The number of benzene rings is 2. The van der Waals surface area contributed by atoms with Gasteiger partial charge in [0.25, 0.3) is 0 Å². The zero-order chi connectivity index (χ0) is 14.7. The molecular weight excluding hydrogens is 340 g/mol. The Balaban J connectivity index is 2.15. The van der Waals surface area contributed by atoms with E-state index in [1.807, 2.05) is 25.1 Å². The van der Waals surface area contributed by atoms with E-state index in [0.29, 0.717) is 17.1 Å². The van der Waals surface area contributed by atoms with Crippen molar-refractivity contribution >= 4 is 39.1 Å². The number of aryl methyl sites for hydroxylation is 1. The lowest BCUT2D eigenvalue weighted by Crippen LogP contribution is -2.11. The maximum atomic E-state index is 11.1. The molecule has 20 heavy (non-hydrogen) atoms. The predicted octanol–water partition coefficient (Wildman–Crippen LogP) is 4.12. The summed E-state index contributed by atoms with van der Waals surface area (Å²) in [5, 5.41) is 3.84. The number of anilines is 1. The monoisotopic (exact) mass is 352 g/mol. The molecule has 0 saturated carbocycles. The minimum Gasteiger partial charge on any atom is -0.380 e. The Morgan fingerprint density at radius 2 is 2.10 bits per heavy atom. The molecule has 0 aliphatic rings. The Morgan fingerprint density at radius 3 is 2.75 bits per heavy atom. The van der Waals surface area contributed by atoms with Crippen LogP contribution >= 0.6 is 27.5 Å². The van der Waals surface area contributed by atoms with Gasteiger partial charge in [0, 0.05) is 27.3 Å². The van der Waals surface area contributed by atoms with Gasteiger partial charge in [-0.05, 0) is 52.2 Å². The number of primary amides is 1. The van der Waals surface area contributed by atoms with Gasteiger partial charge in [-0.2, -0.15) is 0 Å². The number of halogens is 2. The van der Waals surface area contributed by atoms with Gasteiger partial charge in [0.15, 0.2) is 0 Å². The summed E-state index contributed by atoms with van der Waals surface area (Å²) in [5.74, 6) is -0.479. The van der Waals surface area contributed by atoms with Crippen LogP contribution in [0.25, 0.3) is 0 Å². The van der Waals surface area contributed by atoms with Crippen LogP contribution in [0.2, 0.25) is 5.02 Å². The molecule has 0 spiro atoms. The highest BCUT2D eigenvalue weighted by Crippen LogP contribution is 2.27. The largest absolute Gasteiger partial charge is 0.380 e. The molecule has 3 nitrogen and oxygen atoms in total. The molecule has 2 rings (SSSR count). The number of nitrogens with two attached hydrogens (primary N) is 1. The van der Waals surface area contributed by atoms with Crippen LogP contribution in [-0.2, 0) is 6.54 Å². The van der Waals surface area contributed by atoms with Crippen LogP contribution in [0.4, 0.5) is 5.69 Å². The highest BCUT2D eigenvalue weighted by atomic mass is 79.9. The molecule has 0 bridgehead atoms. The lowest BCUT2D eigenvalue weighted by Gasteiger charge is -2.11. The van der Waals surface area contributed by atoms with E-state index in [4.69, 9.17) is 17.3 Å². The van der Waals surface area contributed by atoms with Crippen LogP contribution in [0, 0.1) is 6.92 Å². The van der Waals surface area contributed by atoms with Gasteiger partial charge in [-0.3, -0.25) is 4.79 Å². The van der Waals surface area contributed by atoms with E-state index in [2.05, 4.69) is 21.2 Å². The third-order valence-electron chi connectivity index (χ3n) is 3.00. The molecular formula is C15H14BrClN2O. The fraction of sp³-hybridized carbons (Fsp3) is 0.133. The normalized spacial score (nSPS) is 10.3. The molecule has 0 fully saturated rings. The molecule has 0 radical (unpaired) electrons. The van der Waals surface area contributed by atoms with Crippen molar-refractivity contribution in [2.45, 2.75) is 13.5 Å². The lowest BCUT2D eigenvalue weighted by molar-refractivity contribution is 0.100. The molecule has 5 heteroatoms. The summed E-state index contributed by atoms with van der Waals surface area (Å²) >= 11 is 9.70. The minimum atomic E-state index is -0.479. The summed E-state index contributed by atoms with van der Waals surface area (Å²) in [6, 6.07) is 11.1. The second-order valence-corrected chi connectivity index (χ2v) is 5.66.